The van der Waals surface area contributed by atoms with Crippen LogP contribution >= 0.6 is 11.6 Å². The zero-order valence-electron chi connectivity index (χ0n) is 10.1. The summed E-state index contributed by atoms with van der Waals surface area (Å²) in [4.78, 5) is 22.1. The largest absolute Gasteiger partial charge is 0.467 e. The van der Waals surface area contributed by atoms with E-state index in [1.165, 1.54) is 6.26 Å². The number of anilines is 1. The van der Waals surface area contributed by atoms with Crippen molar-refractivity contribution in [2.24, 2.45) is 0 Å². The first-order valence-corrected chi connectivity index (χ1v) is 5.91. The van der Waals surface area contributed by atoms with Gasteiger partial charge >= 0.3 is 0 Å². The summed E-state index contributed by atoms with van der Waals surface area (Å²) in [6.45, 7) is 0.144. The number of hydrogen-bond acceptors (Lipinski definition) is 5. The number of nitro benzene ring substituents is 1. The van der Waals surface area contributed by atoms with Gasteiger partial charge in [0.25, 0.3) is 11.6 Å². The average molecular weight is 296 g/mol. The molecule has 0 unspecified atom stereocenters. The first-order chi connectivity index (χ1) is 9.49. The molecule has 0 saturated carbocycles. The number of nitrogens with zero attached hydrogens (tertiary/aromatic N) is 1. The van der Waals surface area contributed by atoms with E-state index in [0.717, 1.165) is 12.1 Å². The molecule has 20 heavy (non-hydrogen) atoms. The monoisotopic (exact) mass is 295 g/mol. The van der Waals surface area contributed by atoms with Gasteiger partial charge in [-0.15, -0.1) is 0 Å². The molecule has 0 spiro atoms. The normalized spacial score (nSPS) is 10.2. The van der Waals surface area contributed by atoms with Gasteiger partial charge in [-0.3, -0.25) is 14.9 Å². The molecule has 0 bridgehead atoms. The summed E-state index contributed by atoms with van der Waals surface area (Å²) < 4.78 is 5.06. The summed E-state index contributed by atoms with van der Waals surface area (Å²) in [7, 11) is 0. The van der Waals surface area contributed by atoms with Gasteiger partial charge in [0, 0.05) is 12.1 Å². The van der Waals surface area contributed by atoms with Gasteiger partial charge in [-0.1, -0.05) is 11.6 Å². The number of nitrogens with one attached hydrogen (secondary N) is 1. The van der Waals surface area contributed by atoms with Crippen LogP contribution in [0.5, 0.6) is 0 Å². The predicted molar refractivity (Wildman–Crippen MR) is 72.4 cm³/mol. The number of nitro groups is 1. The quantitative estimate of drug-likeness (QED) is 0.511. The molecule has 3 N–H and O–H groups in total. The fourth-order valence-corrected chi connectivity index (χ4v) is 1.79. The van der Waals surface area contributed by atoms with E-state index in [2.05, 4.69) is 5.32 Å². The molecular formula is C12H10ClN3O4. The Balaban J connectivity index is 2.22. The molecule has 0 saturated heterocycles. The number of rotatable bonds is 4. The van der Waals surface area contributed by atoms with Crippen molar-refractivity contribution < 1.29 is 14.1 Å². The van der Waals surface area contributed by atoms with Crippen LogP contribution in [0.4, 0.5) is 11.4 Å². The molecule has 104 valence electrons. The van der Waals surface area contributed by atoms with Crippen LogP contribution in [0.15, 0.2) is 34.9 Å². The van der Waals surface area contributed by atoms with Gasteiger partial charge in [-0.25, -0.2) is 0 Å². The van der Waals surface area contributed by atoms with Crippen molar-refractivity contribution in [1.82, 2.24) is 5.32 Å². The lowest BCUT2D eigenvalue weighted by atomic mass is 10.1. The van der Waals surface area contributed by atoms with Gasteiger partial charge in [0.15, 0.2) is 0 Å². The summed E-state index contributed by atoms with van der Waals surface area (Å²) in [5.74, 6) is -0.0158. The summed E-state index contributed by atoms with van der Waals surface area (Å²) in [6.07, 6.45) is 1.47. The number of carbonyl (C=O) groups is 1. The Morgan fingerprint density at radius 2 is 2.25 bits per heavy atom. The first kappa shape index (κ1) is 13.9. The summed E-state index contributed by atoms with van der Waals surface area (Å²) in [5.41, 5.74) is 5.31. The van der Waals surface area contributed by atoms with E-state index in [-0.39, 0.29) is 28.5 Å². The molecule has 0 aliphatic rings. The molecule has 1 aromatic heterocycles. The van der Waals surface area contributed by atoms with Crippen LogP contribution in [0.3, 0.4) is 0 Å². The maximum atomic E-state index is 12.0. The molecule has 8 heteroatoms. The fourth-order valence-electron chi connectivity index (χ4n) is 1.57. The topological polar surface area (TPSA) is 111 Å². The van der Waals surface area contributed by atoms with Crippen molar-refractivity contribution in [3.63, 3.8) is 0 Å². The van der Waals surface area contributed by atoms with Gasteiger partial charge < -0.3 is 15.5 Å². The molecule has 1 amide bonds. The Hall–Kier alpha value is -2.54. The number of benzene rings is 1. The summed E-state index contributed by atoms with van der Waals surface area (Å²) in [5, 5.41) is 13.2. The van der Waals surface area contributed by atoms with Crippen molar-refractivity contribution >= 4 is 28.9 Å². The highest BCUT2D eigenvalue weighted by Crippen LogP contribution is 2.28. The van der Waals surface area contributed by atoms with Gasteiger partial charge in [0.1, 0.15) is 5.76 Å². The molecule has 2 aromatic rings. The molecule has 0 aliphatic heterocycles. The number of carbonyl (C=O) groups excluding carboxylic acids is 1. The fraction of sp³-hybridized carbons (Fsp3) is 0.0833. The highest BCUT2D eigenvalue weighted by molar-refractivity contribution is 6.34. The standard InChI is InChI=1S/C12H10ClN3O4/c13-10-5-7(16(18)19)4-9(11(10)14)12(17)15-6-8-2-1-3-20-8/h1-5H,6,14H2,(H,15,17). The third-order valence-corrected chi connectivity index (χ3v) is 2.89. The van der Waals surface area contributed by atoms with Crippen molar-refractivity contribution in [3.8, 4) is 0 Å². The van der Waals surface area contributed by atoms with E-state index in [0.29, 0.717) is 5.76 Å². The molecule has 0 atom stereocenters. The number of halogens is 1. The highest BCUT2D eigenvalue weighted by atomic mass is 35.5. The molecule has 1 aromatic carbocycles. The van der Waals surface area contributed by atoms with Crippen molar-refractivity contribution in [2.45, 2.75) is 6.54 Å². The number of amides is 1. The maximum absolute atomic E-state index is 12.0. The van der Waals surface area contributed by atoms with Gasteiger partial charge in [-0.05, 0) is 12.1 Å². The van der Waals surface area contributed by atoms with Crippen LogP contribution in [0.1, 0.15) is 16.1 Å². The van der Waals surface area contributed by atoms with E-state index < -0.39 is 10.8 Å². The SMILES string of the molecule is Nc1c(Cl)cc([N+](=O)[O-])cc1C(=O)NCc1ccco1. The lowest BCUT2D eigenvalue weighted by Crippen LogP contribution is -2.23. The van der Waals surface area contributed by atoms with Crippen LogP contribution in [-0.2, 0) is 6.54 Å². The smallest absolute Gasteiger partial charge is 0.271 e. The van der Waals surface area contributed by atoms with E-state index >= 15 is 0 Å². The van der Waals surface area contributed by atoms with Crippen molar-refractivity contribution in [3.05, 3.63) is 57.0 Å². The average Bonchev–Trinajstić information content (AvgIpc) is 2.92. The summed E-state index contributed by atoms with van der Waals surface area (Å²) in [6, 6.07) is 5.54. The van der Waals surface area contributed by atoms with Crippen LogP contribution in [0.25, 0.3) is 0 Å². The second-order valence-electron chi connectivity index (χ2n) is 3.91. The number of nitrogens with two attached hydrogens (primary N) is 1. The number of furan rings is 1. The molecule has 7 nitrogen and oxygen atoms in total. The Morgan fingerprint density at radius 1 is 1.50 bits per heavy atom. The number of nitrogen functional groups attached to an aromatic ring is 1. The van der Waals surface area contributed by atoms with Crippen LogP contribution in [0, 0.1) is 10.1 Å². The molecule has 0 fully saturated rings. The first-order valence-electron chi connectivity index (χ1n) is 5.53. The second kappa shape index (κ2) is 5.62. The van der Waals surface area contributed by atoms with E-state index in [4.69, 9.17) is 21.8 Å². The third-order valence-electron chi connectivity index (χ3n) is 2.57. The van der Waals surface area contributed by atoms with E-state index in [1.54, 1.807) is 12.1 Å². The number of non-ortho nitro benzene ring substituents is 1. The minimum absolute atomic E-state index is 0.00536. The van der Waals surface area contributed by atoms with Crippen molar-refractivity contribution in [2.75, 3.05) is 5.73 Å². The lowest BCUT2D eigenvalue weighted by molar-refractivity contribution is -0.384. The zero-order valence-corrected chi connectivity index (χ0v) is 10.9. The van der Waals surface area contributed by atoms with E-state index in [1.807, 2.05) is 0 Å². The lowest BCUT2D eigenvalue weighted by Gasteiger charge is -2.07. The van der Waals surface area contributed by atoms with Crippen LogP contribution in [0.2, 0.25) is 5.02 Å². The Morgan fingerprint density at radius 3 is 2.85 bits per heavy atom. The third kappa shape index (κ3) is 2.89. The van der Waals surface area contributed by atoms with Gasteiger partial charge in [-0.2, -0.15) is 0 Å². The van der Waals surface area contributed by atoms with Crippen LogP contribution < -0.4 is 11.1 Å². The van der Waals surface area contributed by atoms with Crippen LogP contribution in [-0.4, -0.2) is 10.8 Å². The maximum Gasteiger partial charge on any atom is 0.271 e. The Kier molecular flexibility index (Phi) is 3.90. The Bertz CT molecular complexity index is 655. The van der Waals surface area contributed by atoms with Gasteiger partial charge in [0.05, 0.1) is 34.0 Å². The Labute approximate surface area is 118 Å². The highest BCUT2D eigenvalue weighted by Gasteiger charge is 2.18. The molecular weight excluding hydrogens is 286 g/mol. The predicted octanol–water partition coefficient (Wildman–Crippen LogP) is 2.35. The summed E-state index contributed by atoms with van der Waals surface area (Å²) >= 11 is 5.78. The number of hydrogen-bond donors (Lipinski definition) is 2. The molecule has 0 radical (unpaired) electrons. The molecule has 2 rings (SSSR count). The molecule has 0 aliphatic carbocycles. The minimum atomic E-state index is -0.644. The van der Waals surface area contributed by atoms with E-state index in [9.17, 15) is 14.9 Å². The molecule has 1 heterocycles. The second-order valence-corrected chi connectivity index (χ2v) is 4.32. The minimum Gasteiger partial charge on any atom is -0.467 e. The van der Waals surface area contributed by atoms with Crippen molar-refractivity contribution in [1.29, 1.82) is 0 Å². The van der Waals surface area contributed by atoms with Gasteiger partial charge in [0.2, 0.25) is 0 Å². The zero-order chi connectivity index (χ0) is 14.7.